The quantitative estimate of drug-likeness (QED) is 0.581. The monoisotopic (exact) mass is 397 g/mol. The van der Waals surface area contributed by atoms with E-state index in [0.29, 0.717) is 10.7 Å². The summed E-state index contributed by atoms with van der Waals surface area (Å²) in [6.45, 7) is 9.27. The zero-order valence-electron chi connectivity index (χ0n) is 16.6. The number of benzene rings is 1. The highest BCUT2D eigenvalue weighted by molar-refractivity contribution is 8.00. The summed E-state index contributed by atoms with van der Waals surface area (Å²) in [4.78, 5) is 29.0. The number of esters is 1. The molecule has 0 aliphatic rings. The molecule has 6 nitrogen and oxygen atoms in total. The van der Waals surface area contributed by atoms with Crippen molar-refractivity contribution in [1.82, 2.24) is 4.98 Å². The van der Waals surface area contributed by atoms with Crippen LogP contribution in [0.2, 0.25) is 0 Å². The number of amides is 1. The first kappa shape index (κ1) is 21.5. The van der Waals surface area contributed by atoms with Crippen molar-refractivity contribution < 1.29 is 14.3 Å². The molecule has 1 amide bonds. The lowest BCUT2D eigenvalue weighted by atomic mass is 10.1. The van der Waals surface area contributed by atoms with Crippen LogP contribution in [-0.4, -0.2) is 28.7 Å². The van der Waals surface area contributed by atoms with E-state index in [1.54, 1.807) is 20.8 Å². The van der Waals surface area contributed by atoms with Crippen LogP contribution < -0.4 is 5.32 Å². The van der Waals surface area contributed by atoms with E-state index in [0.717, 1.165) is 16.8 Å². The summed E-state index contributed by atoms with van der Waals surface area (Å²) in [5.74, 6) is -0.693. The van der Waals surface area contributed by atoms with Crippen molar-refractivity contribution in [2.45, 2.75) is 44.9 Å². The standard InChI is InChI=1S/C21H23N3O3S/c1-6-27-21(26)17-10-16(11-22)20(23-14(17)4)28-15(5)19(25)24-18-12(2)8-7-9-13(18)3/h7-10,15H,6H2,1-5H3,(H,24,25)/t15-/m0/s1. The molecule has 1 heterocycles. The summed E-state index contributed by atoms with van der Waals surface area (Å²) in [7, 11) is 0. The number of aryl methyl sites for hydroxylation is 3. The second-order valence-electron chi connectivity index (χ2n) is 6.32. The molecule has 0 fully saturated rings. The van der Waals surface area contributed by atoms with Gasteiger partial charge in [0, 0.05) is 5.69 Å². The van der Waals surface area contributed by atoms with Gasteiger partial charge in [-0.15, -0.1) is 0 Å². The molecule has 2 rings (SSSR count). The van der Waals surface area contributed by atoms with Crippen LogP contribution in [-0.2, 0) is 9.53 Å². The Kier molecular flexibility index (Phi) is 7.18. The maximum absolute atomic E-state index is 12.6. The molecular formula is C21H23N3O3S. The summed E-state index contributed by atoms with van der Waals surface area (Å²) in [6, 6.07) is 9.34. The number of para-hydroxylation sites is 1. The molecule has 28 heavy (non-hydrogen) atoms. The first-order valence-electron chi connectivity index (χ1n) is 8.91. The maximum atomic E-state index is 12.6. The van der Waals surface area contributed by atoms with E-state index >= 15 is 0 Å². The second-order valence-corrected chi connectivity index (χ2v) is 7.65. The zero-order valence-corrected chi connectivity index (χ0v) is 17.4. The van der Waals surface area contributed by atoms with Crippen LogP contribution in [0.4, 0.5) is 5.69 Å². The van der Waals surface area contributed by atoms with E-state index in [1.807, 2.05) is 38.1 Å². The minimum atomic E-state index is -0.513. The fourth-order valence-electron chi connectivity index (χ4n) is 2.63. The predicted octanol–water partition coefficient (Wildman–Crippen LogP) is 4.17. The minimum absolute atomic E-state index is 0.180. The van der Waals surface area contributed by atoms with Gasteiger partial charge in [-0.05, 0) is 51.8 Å². The van der Waals surface area contributed by atoms with E-state index in [4.69, 9.17) is 4.74 Å². The third kappa shape index (κ3) is 4.90. The largest absolute Gasteiger partial charge is 0.462 e. The van der Waals surface area contributed by atoms with E-state index in [-0.39, 0.29) is 23.6 Å². The van der Waals surface area contributed by atoms with Gasteiger partial charge in [-0.2, -0.15) is 5.26 Å². The molecule has 0 aliphatic heterocycles. The number of thioether (sulfide) groups is 1. The fraction of sp³-hybridized carbons (Fsp3) is 0.333. The van der Waals surface area contributed by atoms with Crippen molar-refractivity contribution in [3.63, 3.8) is 0 Å². The summed E-state index contributed by atoms with van der Waals surface area (Å²) in [6.07, 6.45) is 0. The Morgan fingerprint density at radius 2 is 1.93 bits per heavy atom. The lowest BCUT2D eigenvalue weighted by Crippen LogP contribution is -2.23. The highest BCUT2D eigenvalue weighted by Crippen LogP contribution is 2.28. The molecule has 1 aromatic carbocycles. The summed E-state index contributed by atoms with van der Waals surface area (Å²) >= 11 is 1.18. The third-order valence-electron chi connectivity index (χ3n) is 4.18. The number of carbonyl (C=O) groups excluding carboxylic acids is 2. The van der Waals surface area contributed by atoms with E-state index < -0.39 is 11.2 Å². The molecule has 2 aromatic rings. The number of nitriles is 1. The van der Waals surface area contributed by atoms with Gasteiger partial charge in [0.25, 0.3) is 0 Å². The maximum Gasteiger partial charge on any atom is 0.340 e. The molecule has 1 atom stereocenters. The van der Waals surface area contributed by atoms with Gasteiger partial charge >= 0.3 is 5.97 Å². The zero-order chi connectivity index (χ0) is 20.8. The Labute approximate surface area is 169 Å². The molecule has 1 N–H and O–H groups in total. The number of pyridine rings is 1. The smallest absolute Gasteiger partial charge is 0.340 e. The Morgan fingerprint density at radius 3 is 2.50 bits per heavy atom. The van der Waals surface area contributed by atoms with Gasteiger partial charge < -0.3 is 10.1 Å². The molecule has 0 bridgehead atoms. The number of rotatable bonds is 6. The third-order valence-corrected chi connectivity index (χ3v) is 5.28. The number of hydrogen-bond donors (Lipinski definition) is 1. The fourth-order valence-corrected chi connectivity index (χ4v) is 3.55. The van der Waals surface area contributed by atoms with Crippen molar-refractivity contribution >= 4 is 29.3 Å². The van der Waals surface area contributed by atoms with Crippen LogP contribution >= 0.6 is 11.8 Å². The summed E-state index contributed by atoms with van der Waals surface area (Å²) < 4.78 is 5.00. The van der Waals surface area contributed by atoms with Gasteiger partial charge in [0.05, 0.1) is 28.7 Å². The highest BCUT2D eigenvalue weighted by atomic mass is 32.2. The lowest BCUT2D eigenvalue weighted by molar-refractivity contribution is -0.115. The van der Waals surface area contributed by atoms with Crippen LogP contribution in [0.3, 0.4) is 0 Å². The average molecular weight is 398 g/mol. The van der Waals surface area contributed by atoms with Gasteiger partial charge in [-0.1, -0.05) is 30.0 Å². The van der Waals surface area contributed by atoms with Crippen LogP contribution in [0, 0.1) is 32.1 Å². The first-order chi connectivity index (χ1) is 13.3. The Balaban J connectivity index is 2.22. The minimum Gasteiger partial charge on any atom is -0.462 e. The van der Waals surface area contributed by atoms with Crippen molar-refractivity contribution in [3.8, 4) is 6.07 Å². The van der Waals surface area contributed by atoms with Crippen molar-refractivity contribution in [1.29, 1.82) is 5.26 Å². The molecule has 0 unspecified atom stereocenters. The molecule has 1 aromatic heterocycles. The van der Waals surface area contributed by atoms with E-state index in [2.05, 4.69) is 10.3 Å². The number of nitrogens with zero attached hydrogens (tertiary/aromatic N) is 2. The van der Waals surface area contributed by atoms with Crippen LogP contribution in [0.1, 0.15) is 46.6 Å². The molecule has 0 spiro atoms. The lowest BCUT2D eigenvalue weighted by Gasteiger charge is -2.16. The van der Waals surface area contributed by atoms with Crippen molar-refractivity contribution in [3.05, 3.63) is 52.2 Å². The number of hydrogen-bond acceptors (Lipinski definition) is 6. The molecule has 0 aliphatic carbocycles. The van der Waals surface area contributed by atoms with Crippen molar-refractivity contribution in [2.75, 3.05) is 11.9 Å². The van der Waals surface area contributed by atoms with E-state index in [9.17, 15) is 14.9 Å². The van der Waals surface area contributed by atoms with Gasteiger partial charge in [-0.25, -0.2) is 9.78 Å². The van der Waals surface area contributed by atoms with Crippen LogP contribution in [0.25, 0.3) is 0 Å². The SMILES string of the molecule is CCOC(=O)c1cc(C#N)c(S[C@@H](C)C(=O)Nc2c(C)cccc2C)nc1C. The Bertz CT molecular complexity index is 930. The Morgan fingerprint density at radius 1 is 1.29 bits per heavy atom. The number of ether oxygens (including phenoxy) is 1. The molecule has 7 heteroatoms. The highest BCUT2D eigenvalue weighted by Gasteiger charge is 2.21. The normalized spacial score (nSPS) is 11.4. The van der Waals surface area contributed by atoms with E-state index in [1.165, 1.54) is 17.8 Å². The van der Waals surface area contributed by atoms with Gasteiger partial charge in [0.2, 0.25) is 5.91 Å². The number of aromatic nitrogens is 1. The van der Waals surface area contributed by atoms with Gasteiger partial charge in [-0.3, -0.25) is 4.79 Å². The van der Waals surface area contributed by atoms with Gasteiger partial charge in [0.15, 0.2) is 0 Å². The number of anilines is 1. The topological polar surface area (TPSA) is 92.1 Å². The molecule has 0 saturated heterocycles. The molecule has 146 valence electrons. The first-order valence-corrected chi connectivity index (χ1v) is 9.79. The number of nitrogens with one attached hydrogen (secondary N) is 1. The van der Waals surface area contributed by atoms with Crippen molar-refractivity contribution in [2.24, 2.45) is 0 Å². The average Bonchev–Trinajstić information content (AvgIpc) is 2.65. The number of carbonyl (C=O) groups is 2. The predicted molar refractivity (Wildman–Crippen MR) is 110 cm³/mol. The second kappa shape index (κ2) is 9.38. The van der Waals surface area contributed by atoms with Crippen LogP contribution in [0.15, 0.2) is 29.3 Å². The van der Waals surface area contributed by atoms with Crippen LogP contribution in [0.5, 0.6) is 0 Å². The molecule has 0 radical (unpaired) electrons. The summed E-state index contributed by atoms with van der Waals surface area (Å²) in [5.41, 5.74) is 3.72. The molecular weight excluding hydrogens is 374 g/mol. The molecule has 0 saturated carbocycles. The van der Waals surface area contributed by atoms with Gasteiger partial charge in [0.1, 0.15) is 11.1 Å². The Hall–Kier alpha value is -2.85. The summed E-state index contributed by atoms with van der Waals surface area (Å²) in [5, 5.41) is 12.3.